The highest BCUT2D eigenvalue weighted by molar-refractivity contribution is 8.00. The van der Waals surface area contributed by atoms with E-state index < -0.39 is 0 Å². The van der Waals surface area contributed by atoms with E-state index in [1.807, 2.05) is 66.6 Å². The standard InChI is InChI=1S/C20H24N4OS2/c1-4-23(5-2)19(25)17(15-11-8-7-9-12-15)27-20-22-21-18(24(20)6-3)16-13-10-14-26-16/h7-14,17H,4-6H2,1-3H3/t17-/m1/s1. The van der Waals surface area contributed by atoms with E-state index in [1.54, 1.807) is 11.3 Å². The maximum atomic E-state index is 13.2. The molecule has 2 heterocycles. The van der Waals surface area contributed by atoms with Gasteiger partial charge in [-0.2, -0.15) is 0 Å². The number of likely N-dealkylation sites (N-methyl/N-ethyl adjacent to an activating group) is 1. The first-order valence-corrected chi connectivity index (χ1v) is 10.9. The highest BCUT2D eigenvalue weighted by atomic mass is 32.2. The Morgan fingerprint density at radius 2 is 1.85 bits per heavy atom. The number of thiophene rings is 1. The van der Waals surface area contributed by atoms with Gasteiger partial charge in [-0.25, -0.2) is 0 Å². The molecule has 27 heavy (non-hydrogen) atoms. The summed E-state index contributed by atoms with van der Waals surface area (Å²) in [6.07, 6.45) is 0. The third kappa shape index (κ3) is 4.25. The Kier molecular flexibility index (Phi) is 6.68. The lowest BCUT2D eigenvalue weighted by molar-refractivity contribution is -0.130. The molecule has 142 valence electrons. The number of rotatable bonds is 8. The summed E-state index contributed by atoms with van der Waals surface area (Å²) in [6, 6.07) is 14.0. The van der Waals surface area contributed by atoms with E-state index >= 15 is 0 Å². The van der Waals surface area contributed by atoms with Crippen LogP contribution < -0.4 is 0 Å². The second-order valence-corrected chi connectivity index (χ2v) is 7.97. The minimum absolute atomic E-state index is 0.111. The zero-order valence-electron chi connectivity index (χ0n) is 15.8. The molecule has 1 amide bonds. The number of nitrogens with zero attached hydrogens (tertiary/aromatic N) is 4. The third-order valence-corrected chi connectivity index (χ3v) is 6.49. The summed E-state index contributed by atoms with van der Waals surface area (Å²) < 4.78 is 2.09. The van der Waals surface area contributed by atoms with Gasteiger partial charge < -0.3 is 9.47 Å². The fraction of sp³-hybridized carbons (Fsp3) is 0.350. The van der Waals surface area contributed by atoms with Crippen LogP contribution in [0.25, 0.3) is 10.7 Å². The van der Waals surface area contributed by atoms with Crippen molar-refractivity contribution in [3.05, 3.63) is 53.4 Å². The molecule has 0 saturated carbocycles. The van der Waals surface area contributed by atoms with Crippen molar-refractivity contribution in [2.75, 3.05) is 13.1 Å². The Balaban J connectivity index is 1.96. The summed E-state index contributed by atoms with van der Waals surface area (Å²) in [5, 5.41) is 11.3. The van der Waals surface area contributed by atoms with Gasteiger partial charge in [-0.05, 0) is 37.8 Å². The summed E-state index contributed by atoms with van der Waals surface area (Å²) in [4.78, 5) is 16.2. The van der Waals surface area contributed by atoms with E-state index in [9.17, 15) is 4.79 Å². The number of benzene rings is 1. The molecule has 3 rings (SSSR count). The molecule has 0 N–H and O–H groups in total. The monoisotopic (exact) mass is 400 g/mol. The zero-order chi connectivity index (χ0) is 19.2. The van der Waals surface area contributed by atoms with Crippen molar-refractivity contribution in [2.45, 2.75) is 37.7 Å². The van der Waals surface area contributed by atoms with Crippen LogP contribution in [0.3, 0.4) is 0 Å². The summed E-state index contributed by atoms with van der Waals surface area (Å²) in [6.45, 7) is 8.24. The first-order valence-electron chi connectivity index (χ1n) is 9.17. The number of carbonyl (C=O) groups excluding carboxylic acids is 1. The molecule has 3 aromatic rings. The van der Waals surface area contributed by atoms with Gasteiger partial charge in [0.05, 0.1) is 4.88 Å². The average molecular weight is 401 g/mol. The molecule has 0 aliphatic carbocycles. The molecule has 7 heteroatoms. The Morgan fingerprint density at radius 3 is 2.44 bits per heavy atom. The van der Waals surface area contributed by atoms with Gasteiger partial charge in [0.25, 0.3) is 0 Å². The molecule has 2 aromatic heterocycles. The van der Waals surface area contributed by atoms with Crippen LogP contribution in [-0.4, -0.2) is 38.7 Å². The van der Waals surface area contributed by atoms with Crippen molar-refractivity contribution >= 4 is 29.0 Å². The quantitative estimate of drug-likeness (QED) is 0.513. The first-order chi connectivity index (χ1) is 13.2. The zero-order valence-corrected chi connectivity index (χ0v) is 17.5. The van der Waals surface area contributed by atoms with Crippen LogP contribution in [0.1, 0.15) is 31.6 Å². The van der Waals surface area contributed by atoms with Crippen LogP contribution >= 0.6 is 23.1 Å². The number of thioether (sulfide) groups is 1. The summed E-state index contributed by atoms with van der Waals surface area (Å²) in [5.41, 5.74) is 0.989. The van der Waals surface area contributed by atoms with E-state index in [0.717, 1.165) is 28.0 Å². The molecule has 0 unspecified atom stereocenters. The van der Waals surface area contributed by atoms with E-state index in [2.05, 4.69) is 21.7 Å². The Morgan fingerprint density at radius 1 is 1.11 bits per heavy atom. The fourth-order valence-electron chi connectivity index (χ4n) is 2.94. The van der Waals surface area contributed by atoms with Crippen LogP contribution in [0.5, 0.6) is 0 Å². The molecule has 0 aliphatic rings. The summed E-state index contributed by atoms with van der Waals surface area (Å²) in [7, 11) is 0. The SMILES string of the molecule is CCN(CC)C(=O)[C@H](Sc1nnc(-c2cccs2)n1CC)c1ccccc1. The number of aromatic nitrogens is 3. The molecule has 0 radical (unpaired) electrons. The Labute approximate surface area is 168 Å². The molecule has 0 saturated heterocycles. The third-order valence-electron chi connectivity index (χ3n) is 4.40. The smallest absolute Gasteiger partial charge is 0.240 e. The molecular weight excluding hydrogens is 376 g/mol. The van der Waals surface area contributed by atoms with Crippen LogP contribution in [0.15, 0.2) is 53.0 Å². The summed E-state index contributed by atoms with van der Waals surface area (Å²) >= 11 is 3.13. The number of hydrogen-bond donors (Lipinski definition) is 0. The van der Waals surface area contributed by atoms with Crippen molar-refractivity contribution in [3.8, 4) is 10.7 Å². The van der Waals surface area contributed by atoms with Crippen LogP contribution in [-0.2, 0) is 11.3 Å². The van der Waals surface area contributed by atoms with E-state index in [1.165, 1.54) is 11.8 Å². The molecule has 5 nitrogen and oxygen atoms in total. The van der Waals surface area contributed by atoms with Gasteiger partial charge in [-0.1, -0.05) is 48.2 Å². The molecule has 0 aliphatic heterocycles. The van der Waals surface area contributed by atoms with Gasteiger partial charge in [-0.15, -0.1) is 21.5 Å². The van der Waals surface area contributed by atoms with Crippen molar-refractivity contribution in [1.82, 2.24) is 19.7 Å². The highest BCUT2D eigenvalue weighted by Gasteiger charge is 2.28. The van der Waals surface area contributed by atoms with Gasteiger partial charge in [-0.3, -0.25) is 4.79 Å². The normalized spacial score (nSPS) is 12.1. The second-order valence-electron chi connectivity index (χ2n) is 5.95. The van der Waals surface area contributed by atoms with Gasteiger partial charge in [0.2, 0.25) is 5.91 Å². The van der Waals surface area contributed by atoms with E-state index in [-0.39, 0.29) is 11.2 Å². The molecule has 0 fully saturated rings. The van der Waals surface area contributed by atoms with E-state index in [4.69, 9.17) is 0 Å². The minimum atomic E-state index is -0.336. The van der Waals surface area contributed by atoms with Crippen LogP contribution in [0, 0.1) is 0 Å². The maximum Gasteiger partial charge on any atom is 0.240 e. The lowest BCUT2D eigenvalue weighted by atomic mass is 10.1. The molecule has 0 bridgehead atoms. The van der Waals surface area contributed by atoms with E-state index in [0.29, 0.717) is 13.1 Å². The van der Waals surface area contributed by atoms with Crippen molar-refractivity contribution in [1.29, 1.82) is 0 Å². The van der Waals surface area contributed by atoms with Gasteiger partial charge in [0, 0.05) is 19.6 Å². The topological polar surface area (TPSA) is 51.0 Å². The predicted molar refractivity (Wildman–Crippen MR) is 112 cm³/mol. The Hall–Kier alpha value is -2.12. The molecule has 1 aromatic carbocycles. The minimum Gasteiger partial charge on any atom is -0.342 e. The van der Waals surface area contributed by atoms with Crippen LogP contribution in [0.2, 0.25) is 0 Å². The second kappa shape index (κ2) is 9.19. The largest absolute Gasteiger partial charge is 0.342 e. The molecule has 0 spiro atoms. The maximum absolute atomic E-state index is 13.2. The average Bonchev–Trinajstić information content (AvgIpc) is 3.36. The lowest BCUT2D eigenvalue weighted by Crippen LogP contribution is -2.34. The molecular formula is C20H24N4OS2. The van der Waals surface area contributed by atoms with Crippen molar-refractivity contribution in [3.63, 3.8) is 0 Å². The predicted octanol–water partition coefficient (Wildman–Crippen LogP) is 4.73. The number of amides is 1. The summed E-state index contributed by atoms with van der Waals surface area (Å²) in [5.74, 6) is 0.969. The first kappa shape index (κ1) is 19.6. The number of hydrogen-bond acceptors (Lipinski definition) is 5. The van der Waals surface area contributed by atoms with Crippen molar-refractivity contribution < 1.29 is 4.79 Å². The van der Waals surface area contributed by atoms with Gasteiger partial charge >= 0.3 is 0 Å². The van der Waals surface area contributed by atoms with Crippen molar-refractivity contribution in [2.24, 2.45) is 0 Å². The Bertz CT molecular complexity index is 858. The van der Waals surface area contributed by atoms with Gasteiger partial charge in [0.15, 0.2) is 11.0 Å². The molecule has 1 atom stereocenters. The number of carbonyl (C=O) groups is 1. The fourth-order valence-corrected chi connectivity index (χ4v) is 4.85. The van der Waals surface area contributed by atoms with Gasteiger partial charge in [0.1, 0.15) is 5.25 Å². The lowest BCUT2D eigenvalue weighted by Gasteiger charge is -2.25. The van der Waals surface area contributed by atoms with Crippen LogP contribution in [0.4, 0.5) is 0 Å². The highest BCUT2D eigenvalue weighted by Crippen LogP contribution is 2.37.